The molecule has 4 nitrogen and oxygen atoms in total. The standard InChI is InChI=1S/C12H15ClN2O2S/c1-7-8(12(13)15(2)14-7)6-9(16)11-10(17-3)4-5-18-11/h4-5,9,16H,6H2,1-3H3. The van der Waals surface area contributed by atoms with E-state index in [1.165, 1.54) is 11.3 Å². The van der Waals surface area contributed by atoms with E-state index >= 15 is 0 Å². The van der Waals surface area contributed by atoms with Gasteiger partial charge in [-0.05, 0) is 18.4 Å². The fraction of sp³-hybridized carbons (Fsp3) is 0.417. The van der Waals surface area contributed by atoms with Gasteiger partial charge in [0, 0.05) is 19.0 Å². The molecule has 0 amide bonds. The molecule has 2 aromatic heterocycles. The number of hydrogen-bond donors (Lipinski definition) is 1. The Morgan fingerprint density at radius 1 is 1.61 bits per heavy atom. The Labute approximate surface area is 115 Å². The summed E-state index contributed by atoms with van der Waals surface area (Å²) in [5, 5.41) is 17.0. The van der Waals surface area contributed by atoms with Crippen LogP contribution in [0.3, 0.4) is 0 Å². The van der Waals surface area contributed by atoms with Gasteiger partial charge in [0.15, 0.2) is 0 Å². The van der Waals surface area contributed by atoms with Crippen molar-refractivity contribution in [1.29, 1.82) is 0 Å². The van der Waals surface area contributed by atoms with Gasteiger partial charge in [-0.25, -0.2) is 0 Å². The van der Waals surface area contributed by atoms with Gasteiger partial charge in [0.05, 0.1) is 23.8 Å². The minimum absolute atomic E-state index is 0.440. The lowest BCUT2D eigenvalue weighted by molar-refractivity contribution is 0.178. The van der Waals surface area contributed by atoms with Crippen LogP contribution in [-0.4, -0.2) is 22.0 Å². The second-order valence-electron chi connectivity index (χ2n) is 4.05. The number of nitrogens with zero attached hydrogens (tertiary/aromatic N) is 2. The summed E-state index contributed by atoms with van der Waals surface area (Å²) in [5.74, 6) is 0.713. The van der Waals surface area contributed by atoms with Gasteiger partial charge in [0.2, 0.25) is 0 Å². The van der Waals surface area contributed by atoms with Gasteiger partial charge >= 0.3 is 0 Å². The van der Waals surface area contributed by atoms with E-state index in [9.17, 15) is 5.11 Å². The van der Waals surface area contributed by atoms with Crippen molar-refractivity contribution in [2.24, 2.45) is 7.05 Å². The average Bonchev–Trinajstić information content (AvgIpc) is 2.90. The number of halogens is 1. The van der Waals surface area contributed by atoms with E-state index in [2.05, 4.69) is 5.10 Å². The molecule has 0 aliphatic rings. The zero-order valence-electron chi connectivity index (χ0n) is 10.5. The molecule has 1 atom stereocenters. The minimum Gasteiger partial charge on any atom is -0.495 e. The number of aryl methyl sites for hydroxylation is 2. The smallest absolute Gasteiger partial charge is 0.135 e. The van der Waals surface area contributed by atoms with Gasteiger partial charge in [-0.3, -0.25) is 4.68 Å². The lowest BCUT2D eigenvalue weighted by Gasteiger charge is -2.10. The van der Waals surface area contributed by atoms with Gasteiger partial charge < -0.3 is 9.84 Å². The van der Waals surface area contributed by atoms with Gasteiger partial charge in [0.25, 0.3) is 0 Å². The molecule has 2 rings (SSSR count). The van der Waals surface area contributed by atoms with Crippen LogP contribution in [0.1, 0.15) is 22.2 Å². The van der Waals surface area contributed by atoms with Gasteiger partial charge in [-0.1, -0.05) is 11.6 Å². The fourth-order valence-electron chi connectivity index (χ4n) is 1.91. The highest BCUT2D eigenvalue weighted by Gasteiger charge is 2.20. The van der Waals surface area contributed by atoms with Crippen molar-refractivity contribution >= 4 is 22.9 Å². The Morgan fingerprint density at radius 3 is 2.89 bits per heavy atom. The molecule has 0 bridgehead atoms. The largest absolute Gasteiger partial charge is 0.495 e. The number of hydrogen-bond acceptors (Lipinski definition) is 4. The highest BCUT2D eigenvalue weighted by molar-refractivity contribution is 7.10. The number of rotatable bonds is 4. The molecule has 0 radical (unpaired) electrons. The molecule has 18 heavy (non-hydrogen) atoms. The Kier molecular flexibility index (Phi) is 3.94. The van der Waals surface area contributed by atoms with Crippen molar-refractivity contribution in [1.82, 2.24) is 9.78 Å². The summed E-state index contributed by atoms with van der Waals surface area (Å²) in [6.45, 7) is 1.89. The molecular weight excluding hydrogens is 272 g/mol. The van der Waals surface area contributed by atoms with Crippen LogP contribution in [0.5, 0.6) is 5.75 Å². The molecule has 0 spiro atoms. The van der Waals surface area contributed by atoms with Crippen molar-refractivity contribution in [3.63, 3.8) is 0 Å². The third kappa shape index (κ3) is 2.39. The highest BCUT2D eigenvalue weighted by Crippen LogP contribution is 2.34. The van der Waals surface area contributed by atoms with E-state index in [0.29, 0.717) is 17.3 Å². The summed E-state index contributed by atoms with van der Waals surface area (Å²) in [6, 6.07) is 1.85. The van der Waals surface area contributed by atoms with Crippen molar-refractivity contribution in [3.05, 3.63) is 32.7 Å². The van der Waals surface area contributed by atoms with Crippen LogP contribution in [0.4, 0.5) is 0 Å². The number of thiophene rings is 1. The van der Waals surface area contributed by atoms with Gasteiger partial charge in [-0.15, -0.1) is 11.3 Å². The van der Waals surface area contributed by atoms with Crippen LogP contribution < -0.4 is 4.74 Å². The normalized spacial score (nSPS) is 12.7. The maximum Gasteiger partial charge on any atom is 0.135 e. The number of methoxy groups -OCH3 is 1. The van der Waals surface area contributed by atoms with Crippen LogP contribution in [0.15, 0.2) is 11.4 Å². The predicted molar refractivity (Wildman–Crippen MR) is 72.5 cm³/mol. The zero-order valence-corrected chi connectivity index (χ0v) is 12.0. The summed E-state index contributed by atoms with van der Waals surface area (Å²) in [5.41, 5.74) is 1.72. The maximum absolute atomic E-state index is 10.3. The van der Waals surface area contributed by atoms with Crippen molar-refractivity contribution in [3.8, 4) is 5.75 Å². The molecule has 0 saturated carbocycles. The molecular formula is C12H15ClN2O2S. The summed E-state index contributed by atoms with van der Waals surface area (Å²) in [4.78, 5) is 0.816. The number of aromatic nitrogens is 2. The first-order chi connectivity index (χ1) is 8.54. The van der Waals surface area contributed by atoms with Gasteiger partial charge in [-0.2, -0.15) is 5.10 Å². The lowest BCUT2D eigenvalue weighted by atomic mass is 10.1. The molecule has 1 unspecified atom stereocenters. The number of aliphatic hydroxyl groups is 1. The quantitative estimate of drug-likeness (QED) is 0.940. The fourth-order valence-corrected chi connectivity index (χ4v) is 3.01. The molecule has 2 aromatic rings. The molecule has 98 valence electrons. The molecule has 2 heterocycles. The maximum atomic E-state index is 10.3. The average molecular weight is 287 g/mol. The second kappa shape index (κ2) is 5.30. The SMILES string of the molecule is COc1ccsc1C(O)Cc1c(C)nn(C)c1Cl. The lowest BCUT2D eigenvalue weighted by Crippen LogP contribution is -2.02. The molecule has 0 aliphatic heterocycles. The molecule has 0 aromatic carbocycles. The van der Waals surface area contributed by atoms with Crippen molar-refractivity contribution in [2.45, 2.75) is 19.4 Å². The van der Waals surface area contributed by atoms with E-state index in [-0.39, 0.29) is 0 Å². The van der Waals surface area contributed by atoms with E-state index in [0.717, 1.165) is 16.1 Å². The Hall–Kier alpha value is -1.04. The van der Waals surface area contributed by atoms with Crippen LogP contribution in [0.2, 0.25) is 5.15 Å². The topological polar surface area (TPSA) is 47.3 Å². The van der Waals surface area contributed by atoms with E-state index in [4.69, 9.17) is 16.3 Å². The zero-order chi connectivity index (χ0) is 13.3. The Bertz CT molecular complexity index is 550. The predicted octanol–water partition coefficient (Wildman–Crippen LogP) is 2.73. The van der Waals surface area contributed by atoms with Crippen molar-refractivity contribution < 1.29 is 9.84 Å². The van der Waals surface area contributed by atoms with Gasteiger partial charge in [0.1, 0.15) is 10.9 Å². The van der Waals surface area contributed by atoms with E-state index in [1.807, 2.05) is 18.4 Å². The molecule has 6 heteroatoms. The highest BCUT2D eigenvalue weighted by atomic mass is 35.5. The van der Waals surface area contributed by atoms with Crippen LogP contribution in [0.25, 0.3) is 0 Å². The van der Waals surface area contributed by atoms with E-state index in [1.54, 1.807) is 18.8 Å². The summed E-state index contributed by atoms with van der Waals surface area (Å²) in [6.07, 6.45) is -0.185. The Balaban J connectivity index is 2.24. The first-order valence-corrected chi connectivity index (χ1v) is 6.77. The van der Waals surface area contributed by atoms with Crippen LogP contribution in [-0.2, 0) is 13.5 Å². The number of ether oxygens (including phenoxy) is 1. The van der Waals surface area contributed by atoms with Crippen molar-refractivity contribution in [2.75, 3.05) is 7.11 Å². The molecule has 0 saturated heterocycles. The summed E-state index contributed by atoms with van der Waals surface area (Å²) < 4.78 is 6.82. The molecule has 0 aliphatic carbocycles. The first-order valence-electron chi connectivity index (χ1n) is 5.52. The second-order valence-corrected chi connectivity index (χ2v) is 5.36. The Morgan fingerprint density at radius 2 is 2.33 bits per heavy atom. The third-order valence-corrected chi connectivity index (χ3v) is 4.32. The third-order valence-electron chi connectivity index (χ3n) is 2.85. The molecule has 0 fully saturated rings. The van der Waals surface area contributed by atoms with Crippen LogP contribution >= 0.6 is 22.9 Å². The first kappa shape index (κ1) is 13.4. The minimum atomic E-state index is -0.625. The van der Waals surface area contributed by atoms with E-state index < -0.39 is 6.10 Å². The van der Waals surface area contributed by atoms with Crippen LogP contribution in [0, 0.1) is 6.92 Å². The monoisotopic (exact) mass is 286 g/mol. The summed E-state index contributed by atoms with van der Waals surface area (Å²) >= 11 is 7.63. The number of aliphatic hydroxyl groups excluding tert-OH is 1. The molecule has 1 N–H and O–H groups in total. The summed E-state index contributed by atoms with van der Waals surface area (Å²) in [7, 11) is 3.39.